The highest BCUT2D eigenvalue weighted by Gasteiger charge is 2.36. The maximum absolute atomic E-state index is 10.2. The molecule has 5 heteroatoms. The standard InChI is InChI=1S/C9H18N2O2S/c10-6-5-14-7(9(6)11)3-1-2-4-8(12)13/h6-7,9H,1-5,10-11H2,(H,12,13)/p+1/t6-,7-,9-/m0/s1. The van der Waals surface area contributed by atoms with Gasteiger partial charge >= 0.3 is 0 Å². The number of hydrogen-bond donors (Lipinski definition) is 2. The summed E-state index contributed by atoms with van der Waals surface area (Å²) in [6.45, 7) is 0. The number of aliphatic carboxylic acids is 1. The molecule has 82 valence electrons. The van der Waals surface area contributed by atoms with Gasteiger partial charge in [-0.15, -0.1) is 11.8 Å². The fourth-order valence-corrected chi connectivity index (χ4v) is 3.25. The number of carboxylic acid groups (broad SMARTS) is 1. The number of carboxylic acids is 1. The Bertz CT molecular complexity index is 201. The summed E-state index contributed by atoms with van der Waals surface area (Å²) in [5, 5.41) is 10.8. The SMILES string of the molecule is [NH3+][C@@H]1[C@H](CCCCC(=O)[O-])SC[C@@H]1[NH3+]. The fraction of sp³-hybridized carbons (Fsp3) is 0.889. The molecule has 0 aromatic rings. The zero-order valence-corrected chi connectivity index (χ0v) is 9.22. The maximum Gasteiger partial charge on any atom is 0.149 e. The van der Waals surface area contributed by atoms with E-state index < -0.39 is 5.97 Å². The molecule has 0 aromatic carbocycles. The van der Waals surface area contributed by atoms with Crippen molar-refractivity contribution in [2.45, 2.75) is 43.0 Å². The summed E-state index contributed by atoms with van der Waals surface area (Å²) < 4.78 is 0. The lowest BCUT2D eigenvalue weighted by Gasteiger charge is -2.11. The minimum Gasteiger partial charge on any atom is -0.550 e. The first-order valence-corrected chi connectivity index (χ1v) is 6.13. The van der Waals surface area contributed by atoms with E-state index >= 15 is 0 Å². The molecule has 1 rings (SSSR count). The highest BCUT2D eigenvalue weighted by molar-refractivity contribution is 8.00. The van der Waals surface area contributed by atoms with Crippen LogP contribution in [0.5, 0.6) is 0 Å². The molecular weight excluding hydrogens is 200 g/mol. The van der Waals surface area contributed by atoms with Crippen LogP contribution in [0.2, 0.25) is 0 Å². The summed E-state index contributed by atoms with van der Waals surface area (Å²) in [5.74, 6) is 0.157. The lowest BCUT2D eigenvalue weighted by atomic mass is 10.0. The maximum atomic E-state index is 10.2. The zero-order valence-electron chi connectivity index (χ0n) is 8.41. The molecule has 1 aliphatic heterocycles. The smallest absolute Gasteiger partial charge is 0.149 e. The number of unbranched alkanes of at least 4 members (excludes halogenated alkanes) is 1. The molecule has 6 N–H and O–H groups in total. The molecule has 14 heavy (non-hydrogen) atoms. The molecule has 1 aliphatic rings. The molecule has 3 atom stereocenters. The first kappa shape index (κ1) is 11.8. The Morgan fingerprint density at radius 2 is 2.14 bits per heavy atom. The minimum absolute atomic E-state index is 0.187. The Balaban J connectivity index is 2.10. The third-order valence-electron chi connectivity index (χ3n) is 2.73. The van der Waals surface area contributed by atoms with Crippen molar-refractivity contribution in [2.24, 2.45) is 0 Å². The van der Waals surface area contributed by atoms with Gasteiger partial charge in [-0.1, -0.05) is 6.42 Å². The van der Waals surface area contributed by atoms with Gasteiger partial charge in [0.1, 0.15) is 12.1 Å². The normalized spacial score (nSPS) is 32.0. The lowest BCUT2D eigenvalue weighted by Crippen LogP contribution is -2.80. The predicted molar refractivity (Wildman–Crippen MR) is 53.1 cm³/mol. The van der Waals surface area contributed by atoms with Crippen LogP contribution in [0, 0.1) is 0 Å². The van der Waals surface area contributed by atoms with Crippen molar-refractivity contribution in [1.82, 2.24) is 0 Å². The second-order valence-electron chi connectivity index (χ2n) is 3.91. The van der Waals surface area contributed by atoms with Crippen LogP contribution >= 0.6 is 11.8 Å². The average Bonchev–Trinajstić information content (AvgIpc) is 2.43. The second-order valence-corrected chi connectivity index (χ2v) is 5.19. The van der Waals surface area contributed by atoms with E-state index in [1.54, 1.807) is 0 Å². The number of carbonyl (C=O) groups excluding carboxylic acids is 1. The van der Waals surface area contributed by atoms with Crippen molar-refractivity contribution in [3.63, 3.8) is 0 Å². The molecule has 0 spiro atoms. The molecule has 1 saturated heterocycles. The first-order chi connectivity index (χ1) is 6.61. The van der Waals surface area contributed by atoms with Crippen molar-refractivity contribution in [1.29, 1.82) is 0 Å². The summed E-state index contributed by atoms with van der Waals surface area (Å²) in [6.07, 6.45) is 2.95. The molecule has 1 fully saturated rings. The van der Waals surface area contributed by atoms with E-state index in [0.29, 0.717) is 17.3 Å². The van der Waals surface area contributed by atoms with Crippen LogP contribution in [-0.4, -0.2) is 29.1 Å². The van der Waals surface area contributed by atoms with E-state index in [1.807, 2.05) is 11.8 Å². The Labute approximate surface area is 88.4 Å². The van der Waals surface area contributed by atoms with Gasteiger partial charge in [-0.05, 0) is 19.3 Å². The molecule has 0 amide bonds. The van der Waals surface area contributed by atoms with Crippen LogP contribution in [0.1, 0.15) is 25.7 Å². The van der Waals surface area contributed by atoms with E-state index in [1.165, 1.54) is 0 Å². The number of rotatable bonds is 5. The Kier molecular flexibility index (Phi) is 4.71. The largest absolute Gasteiger partial charge is 0.550 e. The van der Waals surface area contributed by atoms with E-state index in [2.05, 4.69) is 11.5 Å². The Morgan fingerprint density at radius 3 is 2.64 bits per heavy atom. The van der Waals surface area contributed by atoms with E-state index in [0.717, 1.165) is 25.0 Å². The third-order valence-corrected chi connectivity index (χ3v) is 4.36. The van der Waals surface area contributed by atoms with Crippen molar-refractivity contribution < 1.29 is 21.4 Å². The van der Waals surface area contributed by atoms with Gasteiger partial charge in [0.05, 0.1) is 11.0 Å². The fourth-order valence-electron chi connectivity index (χ4n) is 1.71. The highest BCUT2D eigenvalue weighted by atomic mass is 32.2. The van der Waals surface area contributed by atoms with Crippen molar-refractivity contribution >= 4 is 17.7 Å². The van der Waals surface area contributed by atoms with Crippen LogP contribution in [0.15, 0.2) is 0 Å². The van der Waals surface area contributed by atoms with Crippen LogP contribution < -0.4 is 16.6 Å². The topological polar surface area (TPSA) is 95.4 Å². The minimum atomic E-state index is -0.940. The van der Waals surface area contributed by atoms with Gasteiger partial charge < -0.3 is 21.4 Å². The number of carbonyl (C=O) groups is 1. The summed E-state index contributed by atoms with van der Waals surface area (Å²) >= 11 is 1.93. The third kappa shape index (κ3) is 3.48. The predicted octanol–water partition coefficient (Wildman–Crippen LogP) is -2.37. The molecule has 0 saturated carbocycles. The highest BCUT2D eigenvalue weighted by Crippen LogP contribution is 2.27. The summed E-state index contributed by atoms with van der Waals surface area (Å²) in [7, 11) is 0. The van der Waals surface area contributed by atoms with E-state index in [-0.39, 0.29) is 6.42 Å². The van der Waals surface area contributed by atoms with Gasteiger partial charge in [-0.2, -0.15) is 0 Å². The van der Waals surface area contributed by atoms with Crippen LogP contribution in [-0.2, 0) is 4.79 Å². The van der Waals surface area contributed by atoms with Gasteiger partial charge in [-0.3, -0.25) is 0 Å². The van der Waals surface area contributed by atoms with Gasteiger partial charge in [0.25, 0.3) is 0 Å². The van der Waals surface area contributed by atoms with Crippen LogP contribution in [0.3, 0.4) is 0 Å². The quantitative estimate of drug-likeness (QED) is 0.506. The molecule has 0 aromatic heterocycles. The summed E-state index contributed by atoms with van der Waals surface area (Å²) in [4.78, 5) is 10.2. The molecule has 0 aliphatic carbocycles. The zero-order chi connectivity index (χ0) is 10.6. The summed E-state index contributed by atoms with van der Waals surface area (Å²) in [5.41, 5.74) is 8.14. The molecule has 0 radical (unpaired) electrons. The average molecular weight is 219 g/mol. The molecule has 4 nitrogen and oxygen atoms in total. The van der Waals surface area contributed by atoms with Gasteiger partial charge in [0, 0.05) is 5.97 Å². The van der Waals surface area contributed by atoms with Crippen LogP contribution in [0.4, 0.5) is 0 Å². The van der Waals surface area contributed by atoms with Crippen LogP contribution in [0.25, 0.3) is 0 Å². The van der Waals surface area contributed by atoms with Crippen molar-refractivity contribution in [2.75, 3.05) is 5.75 Å². The van der Waals surface area contributed by atoms with Crippen molar-refractivity contribution in [3.8, 4) is 0 Å². The molecule has 0 bridgehead atoms. The van der Waals surface area contributed by atoms with E-state index in [4.69, 9.17) is 0 Å². The Morgan fingerprint density at radius 1 is 1.43 bits per heavy atom. The number of thioether (sulfide) groups is 1. The Hall–Kier alpha value is -0.260. The first-order valence-electron chi connectivity index (χ1n) is 5.09. The molecule has 1 heterocycles. The van der Waals surface area contributed by atoms with Gasteiger partial charge in [0.15, 0.2) is 0 Å². The van der Waals surface area contributed by atoms with Gasteiger partial charge in [0.2, 0.25) is 0 Å². The second kappa shape index (κ2) is 5.58. The van der Waals surface area contributed by atoms with Crippen molar-refractivity contribution in [3.05, 3.63) is 0 Å². The van der Waals surface area contributed by atoms with E-state index in [9.17, 15) is 9.90 Å². The monoisotopic (exact) mass is 219 g/mol. The molecular formula is C9H19N2O2S+. The van der Waals surface area contributed by atoms with Gasteiger partial charge in [-0.25, -0.2) is 0 Å². The lowest BCUT2D eigenvalue weighted by molar-refractivity contribution is -0.520. The molecule has 0 unspecified atom stereocenters. The number of quaternary nitrogens is 2. The number of hydrogen-bond acceptors (Lipinski definition) is 3. The summed E-state index contributed by atoms with van der Waals surface area (Å²) in [6, 6.07) is 0.897.